The minimum Gasteiger partial charge on any atom is -0.488 e. The Morgan fingerprint density at radius 1 is 1.03 bits per heavy atom. The van der Waals surface area contributed by atoms with Crippen LogP contribution in [-0.2, 0) is 33.9 Å². The summed E-state index contributed by atoms with van der Waals surface area (Å²) < 4.78 is 39.1. The second-order valence-electron chi connectivity index (χ2n) is 9.96. The number of carbonyl (C=O) groups is 2. The molecular formula is C30H29F2NO5. The van der Waals surface area contributed by atoms with Gasteiger partial charge in [-0.05, 0) is 29.2 Å². The maximum absolute atomic E-state index is 13.8. The number of aryl methyl sites for hydroxylation is 1. The van der Waals surface area contributed by atoms with Crippen molar-refractivity contribution in [2.24, 2.45) is 0 Å². The molecule has 2 atom stereocenters. The lowest BCUT2D eigenvalue weighted by Gasteiger charge is -2.40. The van der Waals surface area contributed by atoms with Gasteiger partial charge in [-0.25, -0.2) is 13.6 Å². The molecule has 0 saturated heterocycles. The van der Waals surface area contributed by atoms with Gasteiger partial charge in [0.05, 0.1) is 6.10 Å². The van der Waals surface area contributed by atoms with E-state index in [9.17, 15) is 23.5 Å². The van der Waals surface area contributed by atoms with Gasteiger partial charge < -0.3 is 19.5 Å². The fraction of sp³-hybridized carbons (Fsp3) is 0.333. The molecule has 1 fully saturated rings. The predicted octanol–water partition coefficient (Wildman–Crippen LogP) is 5.47. The highest BCUT2D eigenvalue weighted by Gasteiger charge is 2.49. The fourth-order valence-electron chi connectivity index (χ4n) is 5.09. The van der Waals surface area contributed by atoms with Gasteiger partial charge in [-0.15, -0.1) is 0 Å². The van der Waals surface area contributed by atoms with Crippen LogP contribution in [0.2, 0.25) is 0 Å². The van der Waals surface area contributed by atoms with Crippen molar-refractivity contribution in [3.8, 4) is 5.75 Å². The molecule has 1 aliphatic carbocycles. The van der Waals surface area contributed by atoms with Crippen LogP contribution in [0.3, 0.4) is 0 Å². The average molecular weight is 522 g/mol. The van der Waals surface area contributed by atoms with Crippen molar-refractivity contribution in [2.75, 3.05) is 0 Å². The smallest absolute Gasteiger partial charge is 0.326 e. The number of amides is 1. The van der Waals surface area contributed by atoms with Crippen molar-refractivity contribution >= 4 is 11.9 Å². The van der Waals surface area contributed by atoms with E-state index < -0.39 is 48.9 Å². The Morgan fingerprint density at radius 3 is 2.32 bits per heavy atom. The molecule has 6 nitrogen and oxygen atoms in total. The minimum atomic E-state index is -2.81. The second-order valence-corrected chi connectivity index (χ2v) is 9.96. The highest BCUT2D eigenvalue weighted by molar-refractivity contribution is 5.88. The summed E-state index contributed by atoms with van der Waals surface area (Å²) in [5, 5.41) is 10.1. The average Bonchev–Trinajstić information content (AvgIpc) is 2.90. The Morgan fingerprint density at radius 2 is 1.68 bits per heavy atom. The van der Waals surface area contributed by atoms with Gasteiger partial charge in [0.2, 0.25) is 0 Å². The predicted molar refractivity (Wildman–Crippen MR) is 136 cm³/mol. The van der Waals surface area contributed by atoms with Crippen molar-refractivity contribution in [3.05, 3.63) is 101 Å². The molecule has 5 rings (SSSR count). The van der Waals surface area contributed by atoms with E-state index in [1.807, 2.05) is 49.4 Å². The van der Waals surface area contributed by atoms with E-state index in [4.69, 9.17) is 9.47 Å². The van der Waals surface area contributed by atoms with Gasteiger partial charge in [0.15, 0.2) is 6.10 Å². The molecule has 0 bridgehead atoms. The lowest BCUT2D eigenvalue weighted by Crippen LogP contribution is -2.51. The van der Waals surface area contributed by atoms with E-state index in [0.29, 0.717) is 17.9 Å². The summed E-state index contributed by atoms with van der Waals surface area (Å²) in [6, 6.07) is 20.9. The van der Waals surface area contributed by atoms with Crippen molar-refractivity contribution in [2.45, 2.75) is 63.5 Å². The fourth-order valence-corrected chi connectivity index (χ4v) is 5.09. The molecule has 0 spiro atoms. The lowest BCUT2D eigenvalue weighted by molar-refractivity contribution is -0.193. The zero-order valence-corrected chi connectivity index (χ0v) is 21.0. The summed E-state index contributed by atoms with van der Waals surface area (Å²) >= 11 is 0. The van der Waals surface area contributed by atoms with Gasteiger partial charge >= 0.3 is 5.97 Å². The summed E-state index contributed by atoms with van der Waals surface area (Å²) in [5.41, 5.74) is 3.90. The van der Waals surface area contributed by atoms with Crippen LogP contribution in [0.25, 0.3) is 0 Å². The van der Waals surface area contributed by atoms with Crippen molar-refractivity contribution in [1.29, 1.82) is 0 Å². The van der Waals surface area contributed by atoms with Crippen LogP contribution in [0, 0.1) is 6.92 Å². The van der Waals surface area contributed by atoms with E-state index in [1.165, 1.54) is 4.90 Å². The van der Waals surface area contributed by atoms with E-state index in [1.54, 1.807) is 30.3 Å². The van der Waals surface area contributed by atoms with Crippen LogP contribution in [0.5, 0.6) is 5.75 Å². The molecule has 1 N–H and O–H groups in total. The topological polar surface area (TPSA) is 76.1 Å². The summed E-state index contributed by atoms with van der Waals surface area (Å²) in [6.07, 6.45) is -2.82. The van der Waals surface area contributed by atoms with Crippen molar-refractivity contribution in [1.82, 2.24) is 4.90 Å². The highest BCUT2D eigenvalue weighted by atomic mass is 19.3. The number of fused-ring (bicyclic) bond motifs is 1. The van der Waals surface area contributed by atoms with Gasteiger partial charge in [-0.3, -0.25) is 4.79 Å². The summed E-state index contributed by atoms with van der Waals surface area (Å²) in [6.45, 7) is 2.27. The van der Waals surface area contributed by atoms with Gasteiger partial charge in [-0.1, -0.05) is 72.8 Å². The number of nitrogens with zero attached hydrogens (tertiary/aromatic N) is 1. The number of rotatable bonds is 8. The first-order chi connectivity index (χ1) is 18.2. The number of ether oxygens (including phenoxy) is 2. The molecule has 8 heteroatoms. The Kier molecular flexibility index (Phi) is 7.17. The van der Waals surface area contributed by atoms with Crippen LogP contribution in [0.4, 0.5) is 8.78 Å². The maximum Gasteiger partial charge on any atom is 0.326 e. The number of benzene rings is 3. The molecule has 2 unspecified atom stereocenters. The minimum absolute atomic E-state index is 0.0423. The number of carboxylic acids is 1. The summed E-state index contributed by atoms with van der Waals surface area (Å²) in [4.78, 5) is 27.5. The van der Waals surface area contributed by atoms with Crippen LogP contribution in [-0.4, -0.2) is 40.0 Å². The normalized spacial score (nSPS) is 19.2. The Balaban J connectivity index is 1.43. The first kappa shape index (κ1) is 25.9. The summed E-state index contributed by atoms with van der Waals surface area (Å²) in [5.74, 6) is -3.90. The molecule has 0 radical (unpaired) electrons. The number of halogens is 2. The monoisotopic (exact) mass is 521 g/mol. The van der Waals surface area contributed by atoms with Gasteiger partial charge in [-0.2, -0.15) is 0 Å². The largest absolute Gasteiger partial charge is 0.488 e. The second kappa shape index (κ2) is 10.5. The first-order valence-corrected chi connectivity index (χ1v) is 12.6. The molecule has 3 aromatic rings. The van der Waals surface area contributed by atoms with Crippen molar-refractivity contribution < 1.29 is 33.0 Å². The molecule has 1 heterocycles. The molecule has 1 saturated carbocycles. The number of carbonyl (C=O) groups excluding carboxylic acids is 1. The molecule has 1 aliphatic heterocycles. The highest BCUT2D eigenvalue weighted by Crippen LogP contribution is 2.42. The van der Waals surface area contributed by atoms with E-state index in [-0.39, 0.29) is 13.0 Å². The standard InChI is InChI=1S/C30H29F2NO5/c1-19-12-13-22-17-33(25(29(35)36)14-24(22)26(19)37-18-20-8-4-2-5-9-20)28(34)27(21-10-6-3-7-11-21)38-23-15-30(31,32)16-23/h2-13,23,25,27H,14-18H2,1H3,(H,35,36). The Bertz CT molecular complexity index is 1310. The molecule has 2 aliphatic rings. The van der Waals surface area contributed by atoms with E-state index in [2.05, 4.69) is 0 Å². The number of hydrogen-bond donors (Lipinski definition) is 1. The number of hydrogen-bond acceptors (Lipinski definition) is 4. The van der Waals surface area contributed by atoms with Gasteiger partial charge in [0, 0.05) is 31.4 Å². The van der Waals surface area contributed by atoms with Gasteiger partial charge in [0.1, 0.15) is 18.4 Å². The quantitative estimate of drug-likeness (QED) is 0.426. The third kappa shape index (κ3) is 5.41. The third-order valence-electron chi connectivity index (χ3n) is 7.17. The third-order valence-corrected chi connectivity index (χ3v) is 7.17. The Labute approximate surface area is 219 Å². The van der Waals surface area contributed by atoms with E-state index >= 15 is 0 Å². The maximum atomic E-state index is 13.8. The molecule has 3 aromatic carbocycles. The van der Waals surface area contributed by atoms with Crippen LogP contribution in [0.1, 0.15) is 46.8 Å². The first-order valence-electron chi connectivity index (χ1n) is 12.6. The van der Waals surface area contributed by atoms with Crippen LogP contribution >= 0.6 is 0 Å². The molecular weight excluding hydrogens is 492 g/mol. The zero-order valence-electron chi connectivity index (χ0n) is 21.0. The van der Waals surface area contributed by atoms with Crippen LogP contribution in [0.15, 0.2) is 72.8 Å². The number of carboxylic acid groups (broad SMARTS) is 1. The van der Waals surface area contributed by atoms with Gasteiger partial charge in [0.25, 0.3) is 11.8 Å². The molecule has 0 aromatic heterocycles. The number of alkyl halides is 2. The Hall–Kier alpha value is -3.78. The lowest BCUT2D eigenvalue weighted by atomic mass is 9.89. The molecule has 38 heavy (non-hydrogen) atoms. The van der Waals surface area contributed by atoms with Crippen molar-refractivity contribution in [3.63, 3.8) is 0 Å². The number of aliphatic carboxylic acids is 1. The zero-order chi connectivity index (χ0) is 26.9. The summed E-state index contributed by atoms with van der Waals surface area (Å²) in [7, 11) is 0. The molecule has 198 valence electrons. The van der Waals surface area contributed by atoms with Crippen LogP contribution < -0.4 is 4.74 Å². The SMILES string of the molecule is Cc1ccc2c(c1OCc1ccccc1)CC(C(=O)O)N(C(=O)C(OC1CC(F)(F)C1)c1ccccc1)C2. The molecule has 1 amide bonds. The van der Waals surface area contributed by atoms with E-state index in [0.717, 1.165) is 22.3 Å².